The fourth-order valence-corrected chi connectivity index (χ4v) is 2.24. The molecule has 21 heavy (non-hydrogen) atoms. The van der Waals surface area contributed by atoms with Crippen molar-refractivity contribution < 1.29 is 9.53 Å². The van der Waals surface area contributed by atoms with Gasteiger partial charge in [-0.15, -0.1) is 0 Å². The van der Waals surface area contributed by atoms with E-state index in [1.807, 2.05) is 0 Å². The number of esters is 1. The first-order chi connectivity index (χ1) is 10.3. The van der Waals surface area contributed by atoms with E-state index >= 15 is 0 Å². The Labute approximate surface area is 132 Å². The average molecular weight is 296 g/mol. The van der Waals surface area contributed by atoms with E-state index in [1.54, 1.807) is 0 Å². The third-order valence-corrected chi connectivity index (χ3v) is 3.67. The second kappa shape index (κ2) is 17.3. The van der Waals surface area contributed by atoms with Crippen LogP contribution in [0.25, 0.3) is 0 Å². The topological polar surface area (TPSA) is 26.3 Å². The third kappa shape index (κ3) is 17.2. The summed E-state index contributed by atoms with van der Waals surface area (Å²) in [7, 11) is 0. The number of carbonyl (C=O) groups is 1. The van der Waals surface area contributed by atoms with Gasteiger partial charge in [0.1, 0.15) is 0 Å². The van der Waals surface area contributed by atoms with Gasteiger partial charge >= 0.3 is 5.97 Å². The highest BCUT2D eigenvalue weighted by Crippen LogP contribution is 2.10. The summed E-state index contributed by atoms with van der Waals surface area (Å²) in [5.74, 6) is -0.0554. The molecule has 2 nitrogen and oxygen atoms in total. The molecule has 0 unspecified atom stereocenters. The molecule has 0 saturated carbocycles. The zero-order valence-electron chi connectivity index (χ0n) is 14.4. The molecule has 0 N–H and O–H groups in total. The second-order valence-corrected chi connectivity index (χ2v) is 5.85. The van der Waals surface area contributed by atoms with Gasteiger partial charge in [0, 0.05) is 6.42 Å². The van der Waals surface area contributed by atoms with Crippen LogP contribution in [0.1, 0.15) is 97.3 Å². The Hall–Kier alpha value is -0.790. The molecule has 2 heteroatoms. The SMILES string of the molecule is CCCCCCCCCC/C=C/CCC(=O)OCCCC. The summed E-state index contributed by atoms with van der Waals surface area (Å²) in [6, 6.07) is 0. The minimum absolute atomic E-state index is 0.0554. The lowest BCUT2D eigenvalue weighted by Crippen LogP contribution is -2.04. The fourth-order valence-electron chi connectivity index (χ4n) is 2.24. The van der Waals surface area contributed by atoms with Crippen LogP contribution in [0.5, 0.6) is 0 Å². The summed E-state index contributed by atoms with van der Waals surface area (Å²) in [4.78, 5) is 11.3. The van der Waals surface area contributed by atoms with Gasteiger partial charge in [0.05, 0.1) is 6.61 Å². The van der Waals surface area contributed by atoms with E-state index in [1.165, 1.54) is 51.4 Å². The molecule has 0 amide bonds. The van der Waals surface area contributed by atoms with Crippen LogP contribution in [0.2, 0.25) is 0 Å². The maximum Gasteiger partial charge on any atom is 0.306 e. The van der Waals surface area contributed by atoms with E-state index in [9.17, 15) is 4.79 Å². The normalized spacial score (nSPS) is 11.1. The molecule has 0 fully saturated rings. The molecule has 0 aromatic heterocycles. The molecule has 0 aliphatic rings. The smallest absolute Gasteiger partial charge is 0.306 e. The Morgan fingerprint density at radius 1 is 0.762 bits per heavy atom. The first-order valence-electron chi connectivity index (χ1n) is 9.11. The molecular weight excluding hydrogens is 260 g/mol. The zero-order valence-corrected chi connectivity index (χ0v) is 14.4. The van der Waals surface area contributed by atoms with E-state index in [0.29, 0.717) is 13.0 Å². The van der Waals surface area contributed by atoms with Crippen molar-refractivity contribution in [1.82, 2.24) is 0 Å². The Morgan fingerprint density at radius 3 is 2.00 bits per heavy atom. The Kier molecular flexibility index (Phi) is 16.6. The van der Waals surface area contributed by atoms with Crippen LogP contribution in [0.3, 0.4) is 0 Å². The first kappa shape index (κ1) is 20.2. The van der Waals surface area contributed by atoms with E-state index in [-0.39, 0.29) is 5.97 Å². The Morgan fingerprint density at radius 2 is 1.33 bits per heavy atom. The molecule has 0 bridgehead atoms. The lowest BCUT2D eigenvalue weighted by atomic mass is 10.1. The highest BCUT2D eigenvalue weighted by Gasteiger charge is 1.99. The molecule has 0 rings (SSSR count). The molecule has 0 saturated heterocycles. The lowest BCUT2D eigenvalue weighted by Gasteiger charge is -2.01. The number of hydrogen-bond donors (Lipinski definition) is 0. The minimum atomic E-state index is -0.0554. The predicted octanol–water partition coefficient (Wildman–Crippen LogP) is 6.20. The van der Waals surface area contributed by atoms with Crippen molar-refractivity contribution in [2.45, 2.75) is 97.3 Å². The van der Waals surface area contributed by atoms with Crippen molar-refractivity contribution in [2.75, 3.05) is 6.61 Å². The second-order valence-electron chi connectivity index (χ2n) is 5.85. The van der Waals surface area contributed by atoms with Crippen LogP contribution in [-0.4, -0.2) is 12.6 Å². The van der Waals surface area contributed by atoms with Crippen molar-refractivity contribution in [1.29, 1.82) is 0 Å². The summed E-state index contributed by atoms with van der Waals surface area (Å²) < 4.78 is 5.11. The lowest BCUT2D eigenvalue weighted by molar-refractivity contribution is -0.143. The van der Waals surface area contributed by atoms with Crippen LogP contribution in [-0.2, 0) is 9.53 Å². The molecule has 0 aromatic carbocycles. The summed E-state index contributed by atoms with van der Waals surface area (Å²) in [6.45, 7) is 4.94. The molecule has 0 spiro atoms. The molecule has 0 aliphatic heterocycles. The largest absolute Gasteiger partial charge is 0.466 e. The standard InChI is InChI=1S/C19H36O2/c1-3-5-7-8-9-10-11-12-13-14-15-16-17-19(20)21-18-6-4-2/h14-15H,3-13,16-18H2,1-2H3/b15-14+. The summed E-state index contributed by atoms with van der Waals surface area (Å²) in [5.41, 5.74) is 0. The maximum absolute atomic E-state index is 11.3. The highest BCUT2D eigenvalue weighted by atomic mass is 16.5. The van der Waals surface area contributed by atoms with Crippen molar-refractivity contribution in [3.05, 3.63) is 12.2 Å². The molecule has 0 aliphatic carbocycles. The number of allylic oxidation sites excluding steroid dienone is 2. The number of carbonyl (C=O) groups excluding carboxylic acids is 1. The van der Waals surface area contributed by atoms with Gasteiger partial charge in [-0.25, -0.2) is 0 Å². The van der Waals surface area contributed by atoms with Crippen LogP contribution in [0.15, 0.2) is 12.2 Å². The Balaban J connectivity index is 3.20. The quantitative estimate of drug-likeness (QED) is 0.204. The predicted molar refractivity (Wildman–Crippen MR) is 91.5 cm³/mol. The van der Waals surface area contributed by atoms with Gasteiger partial charge in [0.25, 0.3) is 0 Å². The van der Waals surface area contributed by atoms with Gasteiger partial charge < -0.3 is 4.74 Å². The average Bonchev–Trinajstić information content (AvgIpc) is 2.48. The first-order valence-corrected chi connectivity index (χ1v) is 9.11. The number of hydrogen-bond acceptors (Lipinski definition) is 2. The summed E-state index contributed by atoms with van der Waals surface area (Å²) in [6.07, 6.45) is 19.8. The number of ether oxygens (including phenoxy) is 1. The van der Waals surface area contributed by atoms with E-state index in [0.717, 1.165) is 25.7 Å². The van der Waals surface area contributed by atoms with Crippen LogP contribution < -0.4 is 0 Å². The minimum Gasteiger partial charge on any atom is -0.466 e. The zero-order chi connectivity index (χ0) is 15.6. The van der Waals surface area contributed by atoms with Crippen molar-refractivity contribution in [3.8, 4) is 0 Å². The van der Waals surface area contributed by atoms with Gasteiger partial charge in [0.15, 0.2) is 0 Å². The fraction of sp³-hybridized carbons (Fsp3) is 0.842. The van der Waals surface area contributed by atoms with Gasteiger partial charge in [-0.1, -0.05) is 77.4 Å². The van der Waals surface area contributed by atoms with Crippen LogP contribution in [0.4, 0.5) is 0 Å². The molecule has 0 atom stereocenters. The molecule has 0 heterocycles. The maximum atomic E-state index is 11.3. The van der Waals surface area contributed by atoms with Crippen molar-refractivity contribution in [2.24, 2.45) is 0 Å². The van der Waals surface area contributed by atoms with Crippen molar-refractivity contribution >= 4 is 5.97 Å². The molecule has 0 aromatic rings. The molecular formula is C19H36O2. The van der Waals surface area contributed by atoms with E-state index in [2.05, 4.69) is 26.0 Å². The van der Waals surface area contributed by atoms with Gasteiger partial charge in [-0.05, 0) is 25.7 Å². The number of rotatable bonds is 15. The van der Waals surface area contributed by atoms with Gasteiger partial charge in [0.2, 0.25) is 0 Å². The van der Waals surface area contributed by atoms with E-state index < -0.39 is 0 Å². The summed E-state index contributed by atoms with van der Waals surface area (Å²) >= 11 is 0. The molecule has 0 radical (unpaired) electrons. The summed E-state index contributed by atoms with van der Waals surface area (Å²) in [5, 5.41) is 0. The van der Waals surface area contributed by atoms with Gasteiger partial charge in [-0.2, -0.15) is 0 Å². The Bertz CT molecular complexity index is 246. The molecule has 124 valence electrons. The third-order valence-electron chi connectivity index (χ3n) is 3.67. The van der Waals surface area contributed by atoms with Crippen molar-refractivity contribution in [3.63, 3.8) is 0 Å². The van der Waals surface area contributed by atoms with E-state index in [4.69, 9.17) is 4.74 Å². The highest BCUT2D eigenvalue weighted by molar-refractivity contribution is 5.69. The van der Waals surface area contributed by atoms with Crippen LogP contribution in [0, 0.1) is 0 Å². The van der Waals surface area contributed by atoms with Gasteiger partial charge in [-0.3, -0.25) is 4.79 Å². The number of unbranched alkanes of at least 4 members (excludes halogenated alkanes) is 9. The van der Waals surface area contributed by atoms with Crippen LogP contribution >= 0.6 is 0 Å². The monoisotopic (exact) mass is 296 g/mol.